The summed E-state index contributed by atoms with van der Waals surface area (Å²) in [5.74, 6) is 2.20. The molecule has 82 valence electrons. The number of rotatable bonds is 1. The SMILES string of the molecule is Cc1cnc(N2CCSC(C)C2)cc1N. The summed E-state index contributed by atoms with van der Waals surface area (Å²) < 4.78 is 0. The maximum absolute atomic E-state index is 5.89. The number of nitrogens with zero attached hydrogens (tertiary/aromatic N) is 2. The molecule has 1 saturated heterocycles. The monoisotopic (exact) mass is 223 g/mol. The van der Waals surface area contributed by atoms with Crippen molar-refractivity contribution >= 4 is 23.3 Å². The van der Waals surface area contributed by atoms with Crippen molar-refractivity contribution in [1.82, 2.24) is 4.98 Å². The maximum Gasteiger partial charge on any atom is 0.130 e. The Morgan fingerprint density at radius 2 is 2.40 bits per heavy atom. The van der Waals surface area contributed by atoms with E-state index in [0.29, 0.717) is 5.25 Å². The number of nitrogen functional groups attached to an aromatic ring is 1. The molecule has 0 spiro atoms. The van der Waals surface area contributed by atoms with Crippen LogP contribution in [0.15, 0.2) is 12.3 Å². The molecule has 3 nitrogen and oxygen atoms in total. The Morgan fingerprint density at radius 1 is 1.60 bits per heavy atom. The summed E-state index contributed by atoms with van der Waals surface area (Å²) >= 11 is 2.02. The normalized spacial score (nSPS) is 21.7. The fourth-order valence-corrected chi connectivity index (χ4v) is 2.74. The first kappa shape index (κ1) is 10.6. The molecule has 0 saturated carbocycles. The second-order valence-electron chi connectivity index (χ2n) is 4.03. The molecule has 0 radical (unpaired) electrons. The van der Waals surface area contributed by atoms with Crippen molar-refractivity contribution in [1.29, 1.82) is 0 Å². The molecule has 0 amide bonds. The van der Waals surface area contributed by atoms with E-state index in [4.69, 9.17) is 5.73 Å². The van der Waals surface area contributed by atoms with E-state index in [-0.39, 0.29) is 0 Å². The molecule has 1 aromatic heterocycles. The van der Waals surface area contributed by atoms with Gasteiger partial charge in [-0.25, -0.2) is 4.98 Å². The van der Waals surface area contributed by atoms with Gasteiger partial charge in [0.25, 0.3) is 0 Å². The van der Waals surface area contributed by atoms with Gasteiger partial charge >= 0.3 is 0 Å². The quantitative estimate of drug-likeness (QED) is 0.790. The third-order valence-corrected chi connectivity index (χ3v) is 3.83. The highest BCUT2D eigenvalue weighted by Crippen LogP contribution is 2.24. The summed E-state index contributed by atoms with van der Waals surface area (Å²) in [6.07, 6.45) is 1.86. The van der Waals surface area contributed by atoms with Gasteiger partial charge in [-0.2, -0.15) is 11.8 Å². The molecule has 1 unspecified atom stereocenters. The largest absolute Gasteiger partial charge is 0.398 e. The van der Waals surface area contributed by atoms with Crippen LogP contribution in [0.2, 0.25) is 0 Å². The molecular formula is C11H17N3S. The summed E-state index contributed by atoms with van der Waals surface area (Å²) in [6, 6.07) is 1.98. The van der Waals surface area contributed by atoms with Crippen molar-refractivity contribution in [3.63, 3.8) is 0 Å². The second kappa shape index (κ2) is 4.31. The van der Waals surface area contributed by atoms with Crippen LogP contribution in [0.5, 0.6) is 0 Å². The standard InChI is InChI=1S/C11H17N3S/c1-8-6-13-11(5-10(8)12)14-3-4-15-9(2)7-14/h5-6,9H,3-4,7H2,1-2H3,(H2,12,13). The van der Waals surface area contributed by atoms with E-state index in [1.165, 1.54) is 5.75 Å². The van der Waals surface area contributed by atoms with E-state index in [0.717, 1.165) is 30.2 Å². The first-order valence-corrected chi connectivity index (χ1v) is 6.30. The number of thioether (sulfide) groups is 1. The summed E-state index contributed by atoms with van der Waals surface area (Å²) in [5.41, 5.74) is 7.78. The summed E-state index contributed by atoms with van der Waals surface area (Å²) in [7, 11) is 0. The van der Waals surface area contributed by atoms with Gasteiger partial charge in [-0.3, -0.25) is 0 Å². The fraction of sp³-hybridized carbons (Fsp3) is 0.545. The second-order valence-corrected chi connectivity index (χ2v) is 5.57. The van der Waals surface area contributed by atoms with E-state index >= 15 is 0 Å². The van der Waals surface area contributed by atoms with Gasteiger partial charge in [-0.05, 0) is 12.5 Å². The van der Waals surface area contributed by atoms with Crippen LogP contribution in [0.25, 0.3) is 0 Å². The molecule has 1 aromatic rings. The lowest BCUT2D eigenvalue weighted by Crippen LogP contribution is -2.37. The van der Waals surface area contributed by atoms with E-state index in [1.54, 1.807) is 0 Å². The zero-order valence-electron chi connectivity index (χ0n) is 9.23. The molecule has 0 bridgehead atoms. The molecule has 1 atom stereocenters. The van der Waals surface area contributed by atoms with Gasteiger partial charge < -0.3 is 10.6 Å². The van der Waals surface area contributed by atoms with Gasteiger partial charge in [-0.15, -0.1) is 0 Å². The van der Waals surface area contributed by atoms with Crippen LogP contribution < -0.4 is 10.6 Å². The summed E-state index contributed by atoms with van der Waals surface area (Å²) in [5, 5.41) is 0.683. The Bertz CT molecular complexity index is 354. The van der Waals surface area contributed by atoms with Gasteiger partial charge in [0.05, 0.1) is 0 Å². The molecule has 2 N–H and O–H groups in total. The molecule has 1 fully saturated rings. The Morgan fingerprint density at radius 3 is 3.07 bits per heavy atom. The van der Waals surface area contributed by atoms with Crippen LogP contribution in [-0.2, 0) is 0 Å². The average molecular weight is 223 g/mol. The predicted molar refractivity (Wildman–Crippen MR) is 67.5 cm³/mol. The molecule has 1 aliphatic rings. The molecule has 15 heavy (non-hydrogen) atoms. The van der Waals surface area contributed by atoms with Gasteiger partial charge in [0, 0.05) is 42.0 Å². The number of aryl methyl sites for hydroxylation is 1. The van der Waals surface area contributed by atoms with Crippen molar-refractivity contribution in [2.75, 3.05) is 29.5 Å². The summed E-state index contributed by atoms with van der Waals surface area (Å²) in [4.78, 5) is 6.75. The van der Waals surface area contributed by atoms with Crippen LogP contribution in [-0.4, -0.2) is 29.1 Å². The van der Waals surface area contributed by atoms with E-state index in [2.05, 4.69) is 16.8 Å². The van der Waals surface area contributed by atoms with Crippen LogP contribution in [0.3, 0.4) is 0 Å². The fourth-order valence-electron chi connectivity index (χ4n) is 1.73. The highest BCUT2D eigenvalue weighted by atomic mass is 32.2. The van der Waals surface area contributed by atoms with Gasteiger partial charge in [0.1, 0.15) is 5.82 Å². The number of aromatic nitrogens is 1. The third-order valence-electron chi connectivity index (χ3n) is 2.70. The van der Waals surface area contributed by atoms with Gasteiger partial charge in [0.2, 0.25) is 0 Å². The first-order chi connectivity index (χ1) is 7.16. The van der Waals surface area contributed by atoms with Crippen molar-refractivity contribution in [3.8, 4) is 0 Å². The molecule has 1 aliphatic heterocycles. The third kappa shape index (κ3) is 2.37. The Labute approximate surface area is 95.1 Å². The van der Waals surface area contributed by atoms with Gasteiger partial charge in [-0.1, -0.05) is 6.92 Å². The zero-order chi connectivity index (χ0) is 10.8. The molecule has 4 heteroatoms. The van der Waals surface area contributed by atoms with Crippen molar-refractivity contribution < 1.29 is 0 Å². The van der Waals surface area contributed by atoms with Crippen molar-refractivity contribution in [2.24, 2.45) is 0 Å². The van der Waals surface area contributed by atoms with E-state index in [9.17, 15) is 0 Å². The van der Waals surface area contributed by atoms with Crippen LogP contribution in [0, 0.1) is 6.92 Å². The van der Waals surface area contributed by atoms with E-state index in [1.807, 2.05) is 30.9 Å². The molecule has 2 rings (SSSR count). The zero-order valence-corrected chi connectivity index (χ0v) is 10.0. The van der Waals surface area contributed by atoms with Gasteiger partial charge in [0.15, 0.2) is 0 Å². The van der Waals surface area contributed by atoms with Crippen molar-refractivity contribution in [2.45, 2.75) is 19.1 Å². The predicted octanol–water partition coefficient (Wildman–Crippen LogP) is 1.91. The highest BCUT2D eigenvalue weighted by Gasteiger charge is 2.18. The Kier molecular flexibility index (Phi) is 3.05. The topological polar surface area (TPSA) is 42.2 Å². The molecule has 0 aromatic carbocycles. The van der Waals surface area contributed by atoms with E-state index < -0.39 is 0 Å². The minimum Gasteiger partial charge on any atom is -0.398 e. The van der Waals surface area contributed by atoms with Crippen molar-refractivity contribution in [3.05, 3.63) is 17.8 Å². The average Bonchev–Trinajstić information content (AvgIpc) is 2.22. The maximum atomic E-state index is 5.89. The molecular weight excluding hydrogens is 206 g/mol. The lowest BCUT2D eigenvalue weighted by molar-refractivity contribution is 0.770. The molecule has 2 heterocycles. The molecule has 0 aliphatic carbocycles. The number of nitrogens with two attached hydrogens (primary N) is 1. The van der Waals surface area contributed by atoms with Crippen LogP contribution in [0.1, 0.15) is 12.5 Å². The van der Waals surface area contributed by atoms with Crippen LogP contribution >= 0.6 is 11.8 Å². The smallest absolute Gasteiger partial charge is 0.130 e. The Hall–Kier alpha value is -0.900. The highest BCUT2D eigenvalue weighted by molar-refractivity contribution is 8.00. The van der Waals surface area contributed by atoms with Crippen LogP contribution in [0.4, 0.5) is 11.5 Å². The Balaban J connectivity index is 2.18. The minimum atomic E-state index is 0.683. The number of hydrogen-bond donors (Lipinski definition) is 1. The minimum absolute atomic E-state index is 0.683. The lowest BCUT2D eigenvalue weighted by Gasteiger charge is -2.31. The number of anilines is 2. The summed E-state index contributed by atoms with van der Waals surface area (Å²) in [6.45, 7) is 6.39. The number of hydrogen-bond acceptors (Lipinski definition) is 4. The first-order valence-electron chi connectivity index (χ1n) is 5.25. The number of pyridine rings is 1. The lowest BCUT2D eigenvalue weighted by atomic mass is 10.2.